The highest BCUT2D eigenvalue weighted by Gasteiger charge is 2.26. The van der Waals surface area contributed by atoms with Crippen LogP contribution in [-0.2, 0) is 9.53 Å². The Bertz CT molecular complexity index is 233. The fraction of sp³-hybridized carbons (Fsp3) is 0.923. The van der Waals surface area contributed by atoms with Crippen LogP contribution in [-0.4, -0.2) is 37.4 Å². The number of aliphatic hydroxyl groups excluding tert-OH is 1. The van der Waals surface area contributed by atoms with Gasteiger partial charge in [0.05, 0.1) is 7.11 Å². The van der Waals surface area contributed by atoms with Gasteiger partial charge in [-0.15, -0.1) is 0 Å². The average molecular weight is 243 g/mol. The van der Waals surface area contributed by atoms with E-state index in [4.69, 9.17) is 4.74 Å². The van der Waals surface area contributed by atoms with Gasteiger partial charge in [-0.05, 0) is 37.6 Å². The quantitative estimate of drug-likeness (QED) is 0.691. The fourth-order valence-corrected chi connectivity index (χ4v) is 2.62. The van der Waals surface area contributed by atoms with Gasteiger partial charge < -0.3 is 15.2 Å². The second-order valence-corrected chi connectivity index (χ2v) is 4.88. The van der Waals surface area contributed by atoms with E-state index >= 15 is 0 Å². The Labute approximate surface area is 104 Å². The lowest BCUT2D eigenvalue weighted by molar-refractivity contribution is -0.143. The molecule has 0 spiro atoms. The number of aliphatic hydroxyl groups is 1. The molecule has 3 unspecified atom stereocenters. The zero-order valence-electron chi connectivity index (χ0n) is 10.9. The lowest BCUT2D eigenvalue weighted by Crippen LogP contribution is -2.42. The maximum Gasteiger partial charge on any atom is 0.322 e. The van der Waals surface area contributed by atoms with Crippen molar-refractivity contribution in [3.8, 4) is 0 Å². The predicted molar refractivity (Wildman–Crippen MR) is 66.6 cm³/mol. The summed E-state index contributed by atoms with van der Waals surface area (Å²) in [5, 5.41) is 12.6. The van der Waals surface area contributed by atoms with Crippen molar-refractivity contribution in [2.45, 2.75) is 45.1 Å². The van der Waals surface area contributed by atoms with Crippen LogP contribution in [0.4, 0.5) is 0 Å². The third kappa shape index (κ3) is 4.28. The summed E-state index contributed by atoms with van der Waals surface area (Å²) in [6.07, 6.45) is 5.45. The Balaban J connectivity index is 2.38. The van der Waals surface area contributed by atoms with Gasteiger partial charge in [0, 0.05) is 6.61 Å². The Morgan fingerprint density at radius 2 is 2.06 bits per heavy atom. The summed E-state index contributed by atoms with van der Waals surface area (Å²) in [4.78, 5) is 11.4. The van der Waals surface area contributed by atoms with Crippen molar-refractivity contribution in [1.82, 2.24) is 5.32 Å². The molecule has 4 nitrogen and oxygen atoms in total. The molecule has 0 aromatic heterocycles. The van der Waals surface area contributed by atoms with Crippen molar-refractivity contribution in [2.75, 3.05) is 20.3 Å². The van der Waals surface area contributed by atoms with Crippen molar-refractivity contribution in [3.63, 3.8) is 0 Å². The van der Waals surface area contributed by atoms with Crippen LogP contribution in [0.2, 0.25) is 0 Å². The maximum absolute atomic E-state index is 11.4. The van der Waals surface area contributed by atoms with Gasteiger partial charge in [-0.1, -0.05) is 19.8 Å². The monoisotopic (exact) mass is 243 g/mol. The highest BCUT2D eigenvalue weighted by molar-refractivity contribution is 5.75. The number of carbonyl (C=O) groups excluding carboxylic acids is 1. The summed E-state index contributed by atoms with van der Waals surface area (Å²) in [7, 11) is 1.42. The summed E-state index contributed by atoms with van der Waals surface area (Å²) in [5.74, 6) is 0.697. The standard InChI is InChI=1S/C13H25NO3/c1-3-12(13(16)17-2)14-8-10-6-4-5-7-11(10)9-15/h10-12,14-15H,3-9H2,1-2H3. The van der Waals surface area contributed by atoms with E-state index in [-0.39, 0.29) is 18.6 Å². The van der Waals surface area contributed by atoms with Gasteiger partial charge >= 0.3 is 5.97 Å². The van der Waals surface area contributed by atoms with Crippen LogP contribution in [0.15, 0.2) is 0 Å². The summed E-state index contributed by atoms with van der Waals surface area (Å²) in [6, 6.07) is -0.207. The van der Waals surface area contributed by atoms with Gasteiger partial charge in [0.25, 0.3) is 0 Å². The Morgan fingerprint density at radius 3 is 2.59 bits per heavy atom. The SMILES string of the molecule is CCC(NCC1CCCCC1CO)C(=O)OC. The molecule has 1 saturated carbocycles. The zero-order chi connectivity index (χ0) is 12.7. The minimum atomic E-state index is -0.207. The lowest BCUT2D eigenvalue weighted by atomic mass is 9.79. The molecule has 2 N–H and O–H groups in total. The smallest absolute Gasteiger partial charge is 0.322 e. The molecule has 1 rings (SSSR count). The minimum absolute atomic E-state index is 0.191. The number of rotatable bonds is 6. The molecule has 0 saturated heterocycles. The normalized spacial score (nSPS) is 26.5. The largest absolute Gasteiger partial charge is 0.468 e. The average Bonchev–Trinajstić information content (AvgIpc) is 2.39. The van der Waals surface area contributed by atoms with E-state index in [9.17, 15) is 9.90 Å². The second kappa shape index (κ2) is 7.67. The van der Waals surface area contributed by atoms with E-state index < -0.39 is 0 Å². The molecule has 0 aromatic carbocycles. The Hall–Kier alpha value is -0.610. The first-order valence-corrected chi connectivity index (χ1v) is 6.65. The molecule has 1 aliphatic rings. The van der Waals surface area contributed by atoms with Crippen molar-refractivity contribution >= 4 is 5.97 Å². The summed E-state index contributed by atoms with van der Waals surface area (Å²) >= 11 is 0. The number of carbonyl (C=O) groups is 1. The first-order chi connectivity index (χ1) is 8.22. The van der Waals surface area contributed by atoms with Crippen LogP contribution in [0.5, 0.6) is 0 Å². The predicted octanol–water partition coefficient (Wildman–Crippen LogP) is 1.33. The Morgan fingerprint density at radius 1 is 1.41 bits per heavy atom. The number of hydrogen-bond donors (Lipinski definition) is 2. The van der Waals surface area contributed by atoms with E-state index in [1.54, 1.807) is 0 Å². The third-order valence-electron chi connectivity index (χ3n) is 3.82. The van der Waals surface area contributed by atoms with Crippen LogP contribution in [0, 0.1) is 11.8 Å². The number of esters is 1. The minimum Gasteiger partial charge on any atom is -0.468 e. The summed E-state index contributed by atoms with van der Waals surface area (Å²) in [5.41, 5.74) is 0. The van der Waals surface area contributed by atoms with Crippen molar-refractivity contribution in [3.05, 3.63) is 0 Å². The van der Waals surface area contributed by atoms with Gasteiger partial charge in [-0.25, -0.2) is 0 Å². The molecule has 4 heteroatoms. The molecule has 0 radical (unpaired) electrons. The molecular formula is C13H25NO3. The second-order valence-electron chi connectivity index (χ2n) is 4.88. The van der Waals surface area contributed by atoms with Gasteiger partial charge in [0.2, 0.25) is 0 Å². The van der Waals surface area contributed by atoms with Gasteiger partial charge in [-0.3, -0.25) is 4.79 Å². The molecule has 100 valence electrons. The zero-order valence-corrected chi connectivity index (χ0v) is 10.9. The van der Waals surface area contributed by atoms with E-state index in [1.165, 1.54) is 20.0 Å². The fourth-order valence-electron chi connectivity index (χ4n) is 2.62. The highest BCUT2D eigenvalue weighted by Crippen LogP contribution is 2.29. The van der Waals surface area contributed by atoms with Gasteiger partial charge in [0.15, 0.2) is 0 Å². The van der Waals surface area contributed by atoms with E-state index in [0.717, 1.165) is 25.8 Å². The number of methoxy groups -OCH3 is 1. The van der Waals surface area contributed by atoms with Crippen LogP contribution in [0.25, 0.3) is 0 Å². The van der Waals surface area contributed by atoms with Crippen LogP contribution < -0.4 is 5.32 Å². The van der Waals surface area contributed by atoms with E-state index in [0.29, 0.717) is 11.8 Å². The molecular weight excluding hydrogens is 218 g/mol. The summed E-state index contributed by atoms with van der Waals surface area (Å²) < 4.78 is 4.75. The van der Waals surface area contributed by atoms with Crippen LogP contribution in [0.1, 0.15) is 39.0 Å². The molecule has 3 atom stereocenters. The van der Waals surface area contributed by atoms with E-state index in [1.807, 2.05) is 6.92 Å². The topological polar surface area (TPSA) is 58.6 Å². The first kappa shape index (κ1) is 14.5. The maximum atomic E-state index is 11.4. The molecule has 0 heterocycles. The number of ether oxygens (including phenoxy) is 1. The molecule has 1 fully saturated rings. The molecule has 0 bridgehead atoms. The molecule has 0 aliphatic heterocycles. The molecule has 1 aliphatic carbocycles. The Kier molecular flexibility index (Phi) is 6.52. The highest BCUT2D eigenvalue weighted by atomic mass is 16.5. The van der Waals surface area contributed by atoms with Crippen LogP contribution in [0.3, 0.4) is 0 Å². The van der Waals surface area contributed by atoms with Crippen molar-refractivity contribution in [2.24, 2.45) is 11.8 Å². The molecule has 0 amide bonds. The van der Waals surface area contributed by atoms with Crippen molar-refractivity contribution in [1.29, 1.82) is 0 Å². The third-order valence-corrected chi connectivity index (χ3v) is 3.82. The molecule has 17 heavy (non-hydrogen) atoms. The van der Waals surface area contributed by atoms with Gasteiger partial charge in [0.1, 0.15) is 6.04 Å². The van der Waals surface area contributed by atoms with E-state index in [2.05, 4.69) is 5.32 Å². The first-order valence-electron chi connectivity index (χ1n) is 6.65. The van der Waals surface area contributed by atoms with Crippen LogP contribution >= 0.6 is 0 Å². The summed E-state index contributed by atoms with van der Waals surface area (Å²) in [6.45, 7) is 3.04. The lowest BCUT2D eigenvalue weighted by Gasteiger charge is -2.31. The number of hydrogen-bond acceptors (Lipinski definition) is 4. The molecule has 0 aromatic rings. The van der Waals surface area contributed by atoms with Gasteiger partial charge in [-0.2, -0.15) is 0 Å². The van der Waals surface area contributed by atoms with Crippen molar-refractivity contribution < 1.29 is 14.6 Å². The number of nitrogens with one attached hydrogen (secondary N) is 1.